The number of pyridine rings is 1. The van der Waals surface area contributed by atoms with Crippen molar-refractivity contribution in [2.24, 2.45) is 0 Å². The van der Waals surface area contributed by atoms with Crippen molar-refractivity contribution >= 4 is 35.2 Å². The summed E-state index contributed by atoms with van der Waals surface area (Å²) in [6.07, 6.45) is 5.17. The number of hydrogen-bond acceptors (Lipinski definition) is 2. The largest absolute Gasteiger partial charge is 0.478 e. The monoisotopic (exact) mass is 390 g/mol. The van der Waals surface area contributed by atoms with Crippen LogP contribution in [0, 0.1) is 5.82 Å². The first-order valence-electron chi connectivity index (χ1n) is 7.59. The third-order valence-electron chi connectivity index (χ3n) is 3.75. The summed E-state index contributed by atoms with van der Waals surface area (Å²) >= 11 is 12.3. The van der Waals surface area contributed by atoms with Crippen LogP contribution in [-0.4, -0.2) is 20.6 Å². The molecular formula is C19H13Cl2FN2O2. The lowest BCUT2D eigenvalue weighted by atomic mass is 10.2. The minimum absolute atomic E-state index is 0.331. The van der Waals surface area contributed by atoms with Crippen LogP contribution in [0.3, 0.4) is 0 Å². The molecule has 0 spiro atoms. The molecule has 0 aliphatic carbocycles. The van der Waals surface area contributed by atoms with Gasteiger partial charge >= 0.3 is 5.97 Å². The van der Waals surface area contributed by atoms with Gasteiger partial charge in [0.2, 0.25) is 0 Å². The van der Waals surface area contributed by atoms with Gasteiger partial charge in [0.15, 0.2) is 0 Å². The van der Waals surface area contributed by atoms with E-state index in [2.05, 4.69) is 4.98 Å². The molecule has 132 valence electrons. The van der Waals surface area contributed by atoms with E-state index in [9.17, 15) is 9.18 Å². The summed E-state index contributed by atoms with van der Waals surface area (Å²) in [5, 5.41) is 9.96. The second-order valence-electron chi connectivity index (χ2n) is 5.53. The minimum Gasteiger partial charge on any atom is -0.478 e. The molecule has 1 N–H and O–H groups in total. The number of halogens is 3. The van der Waals surface area contributed by atoms with E-state index in [0.29, 0.717) is 33.5 Å². The third-order valence-corrected chi connectivity index (χ3v) is 4.35. The van der Waals surface area contributed by atoms with Gasteiger partial charge in [-0.15, -0.1) is 0 Å². The Hall–Kier alpha value is -2.63. The summed E-state index contributed by atoms with van der Waals surface area (Å²) in [6.45, 7) is 0.331. The van der Waals surface area contributed by atoms with E-state index < -0.39 is 11.8 Å². The Morgan fingerprint density at radius 3 is 2.73 bits per heavy atom. The predicted octanol–water partition coefficient (Wildman–Crippen LogP) is 5.14. The Bertz CT molecular complexity index is 999. The van der Waals surface area contributed by atoms with Crippen LogP contribution in [0.5, 0.6) is 0 Å². The number of benzene rings is 1. The van der Waals surface area contributed by atoms with Gasteiger partial charge in [0, 0.05) is 40.1 Å². The molecular weight excluding hydrogens is 378 g/mol. The Morgan fingerprint density at radius 1 is 1.19 bits per heavy atom. The SMILES string of the molecule is O=C(O)/C=C/c1ccc(-c2cncc(F)c2)n1Cc1cc(Cl)ccc1Cl. The van der Waals surface area contributed by atoms with Crippen LogP contribution in [0.2, 0.25) is 10.0 Å². The van der Waals surface area contributed by atoms with Gasteiger partial charge in [0.05, 0.1) is 11.9 Å². The van der Waals surface area contributed by atoms with Gasteiger partial charge in [0.1, 0.15) is 5.82 Å². The Balaban J connectivity index is 2.11. The molecule has 0 fully saturated rings. The third kappa shape index (κ3) is 4.12. The van der Waals surface area contributed by atoms with Crippen molar-refractivity contribution in [3.63, 3.8) is 0 Å². The molecule has 2 aromatic heterocycles. The number of carbonyl (C=O) groups is 1. The lowest BCUT2D eigenvalue weighted by Crippen LogP contribution is -2.05. The lowest BCUT2D eigenvalue weighted by Gasteiger charge is -2.14. The predicted molar refractivity (Wildman–Crippen MR) is 99.9 cm³/mol. The number of aliphatic carboxylic acids is 1. The summed E-state index contributed by atoms with van der Waals surface area (Å²) in [4.78, 5) is 14.7. The smallest absolute Gasteiger partial charge is 0.328 e. The zero-order chi connectivity index (χ0) is 18.7. The van der Waals surface area contributed by atoms with Crippen LogP contribution in [0.1, 0.15) is 11.3 Å². The van der Waals surface area contributed by atoms with Crippen molar-refractivity contribution in [1.82, 2.24) is 9.55 Å². The summed E-state index contributed by atoms with van der Waals surface area (Å²) in [6, 6.07) is 10.0. The van der Waals surface area contributed by atoms with Crippen LogP contribution in [-0.2, 0) is 11.3 Å². The van der Waals surface area contributed by atoms with Gasteiger partial charge < -0.3 is 9.67 Å². The molecule has 0 saturated carbocycles. The Morgan fingerprint density at radius 2 is 2.00 bits per heavy atom. The quantitative estimate of drug-likeness (QED) is 0.613. The maximum Gasteiger partial charge on any atom is 0.328 e. The normalized spacial score (nSPS) is 11.2. The summed E-state index contributed by atoms with van der Waals surface area (Å²) < 4.78 is 15.4. The number of aromatic nitrogens is 2. The molecule has 0 radical (unpaired) electrons. The van der Waals surface area contributed by atoms with Crippen LogP contribution in [0.15, 0.2) is 54.9 Å². The second kappa shape index (κ2) is 7.72. The molecule has 2 heterocycles. The van der Waals surface area contributed by atoms with E-state index in [1.807, 2.05) is 4.57 Å². The highest BCUT2D eigenvalue weighted by molar-refractivity contribution is 6.33. The van der Waals surface area contributed by atoms with Crippen molar-refractivity contribution < 1.29 is 14.3 Å². The highest BCUT2D eigenvalue weighted by Crippen LogP contribution is 2.28. The first-order valence-corrected chi connectivity index (χ1v) is 8.35. The molecule has 0 saturated heterocycles. The van der Waals surface area contributed by atoms with Gasteiger partial charge in [-0.05, 0) is 48.0 Å². The van der Waals surface area contributed by atoms with E-state index in [4.69, 9.17) is 28.3 Å². The number of rotatable bonds is 5. The van der Waals surface area contributed by atoms with Crippen LogP contribution >= 0.6 is 23.2 Å². The molecule has 3 aromatic rings. The molecule has 1 aromatic carbocycles. The topological polar surface area (TPSA) is 55.1 Å². The van der Waals surface area contributed by atoms with Gasteiger partial charge in [-0.2, -0.15) is 0 Å². The molecule has 0 unspecified atom stereocenters. The first kappa shape index (κ1) is 18.2. The lowest BCUT2D eigenvalue weighted by molar-refractivity contribution is -0.131. The fourth-order valence-electron chi connectivity index (χ4n) is 2.60. The van der Waals surface area contributed by atoms with Crippen molar-refractivity contribution in [2.45, 2.75) is 6.54 Å². The summed E-state index contributed by atoms with van der Waals surface area (Å²) in [5.74, 6) is -1.52. The number of nitrogens with zero attached hydrogens (tertiary/aromatic N) is 2. The zero-order valence-corrected chi connectivity index (χ0v) is 14.9. The average Bonchev–Trinajstić information content (AvgIpc) is 2.99. The van der Waals surface area contributed by atoms with Crippen LogP contribution in [0.4, 0.5) is 4.39 Å². The Labute approximate surface area is 159 Å². The zero-order valence-electron chi connectivity index (χ0n) is 13.4. The van der Waals surface area contributed by atoms with E-state index in [0.717, 1.165) is 17.8 Å². The molecule has 3 rings (SSSR count). The van der Waals surface area contributed by atoms with E-state index in [1.165, 1.54) is 12.1 Å². The van der Waals surface area contributed by atoms with E-state index in [-0.39, 0.29) is 0 Å². The number of carboxylic acid groups (broad SMARTS) is 1. The molecule has 0 bridgehead atoms. The highest BCUT2D eigenvalue weighted by Gasteiger charge is 2.12. The van der Waals surface area contributed by atoms with Crippen molar-refractivity contribution in [3.05, 3.63) is 82.0 Å². The minimum atomic E-state index is -1.06. The van der Waals surface area contributed by atoms with Crippen LogP contribution < -0.4 is 0 Å². The molecule has 0 aliphatic heterocycles. The number of hydrogen-bond donors (Lipinski definition) is 1. The van der Waals surface area contributed by atoms with Gasteiger partial charge in [-0.3, -0.25) is 4.98 Å². The molecule has 4 nitrogen and oxygen atoms in total. The van der Waals surface area contributed by atoms with Crippen molar-refractivity contribution in [3.8, 4) is 11.3 Å². The first-order chi connectivity index (χ1) is 12.4. The van der Waals surface area contributed by atoms with Crippen molar-refractivity contribution in [1.29, 1.82) is 0 Å². The maximum absolute atomic E-state index is 13.6. The summed E-state index contributed by atoms with van der Waals surface area (Å²) in [5.41, 5.74) is 2.63. The maximum atomic E-state index is 13.6. The summed E-state index contributed by atoms with van der Waals surface area (Å²) in [7, 11) is 0. The van der Waals surface area contributed by atoms with Crippen molar-refractivity contribution in [2.75, 3.05) is 0 Å². The van der Waals surface area contributed by atoms with E-state index >= 15 is 0 Å². The Kier molecular flexibility index (Phi) is 5.40. The van der Waals surface area contributed by atoms with Gasteiger partial charge in [-0.1, -0.05) is 23.2 Å². The van der Waals surface area contributed by atoms with E-state index in [1.54, 1.807) is 36.5 Å². The van der Waals surface area contributed by atoms with Gasteiger partial charge in [0.25, 0.3) is 0 Å². The number of carboxylic acids is 1. The van der Waals surface area contributed by atoms with Crippen LogP contribution in [0.25, 0.3) is 17.3 Å². The average molecular weight is 391 g/mol. The molecule has 0 atom stereocenters. The standard InChI is InChI=1S/C19H13Cl2FN2O2/c20-14-1-4-17(21)13(7-14)11-24-16(3-6-19(25)26)2-5-18(24)12-8-15(22)10-23-9-12/h1-10H,11H2,(H,25,26)/b6-3+. The molecule has 7 heteroatoms. The fourth-order valence-corrected chi connectivity index (χ4v) is 2.97. The fraction of sp³-hybridized carbons (Fsp3) is 0.0526. The molecule has 26 heavy (non-hydrogen) atoms. The highest BCUT2D eigenvalue weighted by atomic mass is 35.5. The molecule has 0 amide bonds. The molecule has 0 aliphatic rings. The van der Waals surface area contributed by atoms with Gasteiger partial charge in [-0.25, -0.2) is 9.18 Å². The second-order valence-corrected chi connectivity index (χ2v) is 6.37.